The fourth-order valence-corrected chi connectivity index (χ4v) is 3.63. The number of benzene rings is 2. The van der Waals surface area contributed by atoms with Crippen LogP contribution in [0.25, 0.3) is 16.6 Å². The van der Waals surface area contributed by atoms with Crippen LogP contribution in [0.15, 0.2) is 78.0 Å². The van der Waals surface area contributed by atoms with Gasteiger partial charge in [0.1, 0.15) is 22.7 Å². The van der Waals surface area contributed by atoms with Gasteiger partial charge in [0, 0.05) is 41.8 Å². The van der Waals surface area contributed by atoms with E-state index in [4.69, 9.17) is 9.47 Å². The molecule has 0 saturated heterocycles. The Morgan fingerprint density at radius 1 is 1.03 bits per heavy atom. The van der Waals surface area contributed by atoms with E-state index < -0.39 is 17.3 Å². The number of pyridine rings is 2. The van der Waals surface area contributed by atoms with E-state index in [-0.39, 0.29) is 17.0 Å². The van der Waals surface area contributed by atoms with E-state index in [2.05, 4.69) is 15.3 Å². The molecule has 0 radical (unpaired) electrons. The van der Waals surface area contributed by atoms with Gasteiger partial charge >= 0.3 is 0 Å². The third kappa shape index (κ3) is 4.26. The molecular formula is C26H19FN4O4. The molecular weight excluding hydrogens is 451 g/mol. The second-order valence-corrected chi connectivity index (χ2v) is 7.81. The van der Waals surface area contributed by atoms with Gasteiger partial charge < -0.3 is 14.8 Å². The number of nitrogens with one attached hydrogen (secondary N) is 1. The van der Waals surface area contributed by atoms with Crippen molar-refractivity contribution in [2.24, 2.45) is 0 Å². The zero-order chi connectivity index (χ0) is 24.5. The number of anilines is 1. The lowest BCUT2D eigenvalue weighted by Crippen LogP contribution is -2.26. The Morgan fingerprint density at radius 2 is 1.89 bits per heavy atom. The lowest BCUT2D eigenvalue weighted by Gasteiger charge is -2.12. The van der Waals surface area contributed by atoms with Gasteiger partial charge in [-0.1, -0.05) is 6.07 Å². The van der Waals surface area contributed by atoms with Crippen LogP contribution >= 0.6 is 0 Å². The molecule has 0 aliphatic carbocycles. The van der Waals surface area contributed by atoms with Crippen LogP contribution in [0.3, 0.4) is 0 Å². The molecule has 0 aliphatic heterocycles. The molecule has 174 valence electrons. The van der Waals surface area contributed by atoms with E-state index in [1.54, 1.807) is 49.8 Å². The van der Waals surface area contributed by atoms with E-state index in [1.807, 2.05) is 13.0 Å². The van der Waals surface area contributed by atoms with Gasteiger partial charge in [0.15, 0.2) is 11.6 Å². The van der Waals surface area contributed by atoms with Gasteiger partial charge in [0.2, 0.25) is 0 Å². The average Bonchev–Trinajstić information content (AvgIpc) is 2.86. The van der Waals surface area contributed by atoms with E-state index >= 15 is 0 Å². The van der Waals surface area contributed by atoms with Crippen molar-refractivity contribution in [3.05, 3.63) is 100 Å². The van der Waals surface area contributed by atoms with Gasteiger partial charge in [-0.2, -0.15) is 0 Å². The number of fused-ring (bicyclic) bond motifs is 2. The molecule has 0 fully saturated rings. The van der Waals surface area contributed by atoms with Crippen molar-refractivity contribution in [2.45, 2.75) is 6.92 Å². The molecule has 0 spiro atoms. The van der Waals surface area contributed by atoms with Crippen molar-refractivity contribution in [3.8, 4) is 17.2 Å². The fourth-order valence-electron chi connectivity index (χ4n) is 3.63. The van der Waals surface area contributed by atoms with Gasteiger partial charge in [0.25, 0.3) is 11.5 Å². The summed E-state index contributed by atoms with van der Waals surface area (Å²) in [7, 11) is 1.56. The van der Waals surface area contributed by atoms with Crippen LogP contribution in [0.5, 0.6) is 17.2 Å². The summed E-state index contributed by atoms with van der Waals surface area (Å²) in [5.74, 6) is -0.358. The number of aryl methyl sites for hydroxylation is 1. The second kappa shape index (κ2) is 8.86. The highest BCUT2D eigenvalue weighted by Crippen LogP contribution is 2.32. The molecule has 9 heteroatoms. The molecule has 0 bridgehead atoms. The summed E-state index contributed by atoms with van der Waals surface area (Å²) in [6.07, 6.45) is 4.37. The van der Waals surface area contributed by atoms with Crippen molar-refractivity contribution >= 4 is 28.1 Å². The van der Waals surface area contributed by atoms with Gasteiger partial charge in [-0.05, 0) is 48.9 Å². The average molecular weight is 470 g/mol. The van der Waals surface area contributed by atoms with Crippen molar-refractivity contribution in [3.63, 3.8) is 0 Å². The van der Waals surface area contributed by atoms with E-state index in [1.165, 1.54) is 22.7 Å². The molecule has 3 heterocycles. The number of aromatic nitrogens is 3. The molecule has 1 amide bonds. The van der Waals surface area contributed by atoms with Crippen molar-refractivity contribution in [1.82, 2.24) is 14.4 Å². The minimum atomic E-state index is -0.694. The highest BCUT2D eigenvalue weighted by atomic mass is 19.1. The third-order valence-corrected chi connectivity index (χ3v) is 5.41. The minimum Gasteiger partial charge on any atom is -0.497 e. The normalized spacial score (nSPS) is 10.9. The summed E-state index contributed by atoms with van der Waals surface area (Å²) in [6.45, 7) is 1.83. The van der Waals surface area contributed by atoms with E-state index in [9.17, 15) is 14.0 Å². The Labute approximate surface area is 198 Å². The lowest BCUT2D eigenvalue weighted by molar-refractivity contribution is 0.102. The number of rotatable bonds is 5. The molecule has 3 aromatic heterocycles. The van der Waals surface area contributed by atoms with Crippen molar-refractivity contribution in [2.75, 3.05) is 12.4 Å². The summed E-state index contributed by atoms with van der Waals surface area (Å²) in [5.41, 5.74) is 1.39. The molecule has 35 heavy (non-hydrogen) atoms. The first-order chi connectivity index (χ1) is 16.9. The van der Waals surface area contributed by atoms with Gasteiger partial charge in [-0.15, -0.1) is 0 Å². The molecule has 5 aromatic rings. The minimum absolute atomic E-state index is 0.0331. The number of amides is 1. The van der Waals surface area contributed by atoms with E-state index in [0.29, 0.717) is 28.0 Å². The Hall–Kier alpha value is -4.79. The largest absolute Gasteiger partial charge is 0.497 e. The fraction of sp³-hybridized carbons (Fsp3) is 0.0769. The number of ether oxygens (including phenoxy) is 2. The number of hydrogen-bond donors (Lipinski definition) is 1. The van der Waals surface area contributed by atoms with Crippen LogP contribution in [-0.4, -0.2) is 27.4 Å². The summed E-state index contributed by atoms with van der Waals surface area (Å²) in [4.78, 5) is 33.9. The molecule has 0 atom stereocenters. The van der Waals surface area contributed by atoms with Gasteiger partial charge in [0.05, 0.1) is 12.6 Å². The Kier molecular flexibility index (Phi) is 5.58. The molecule has 2 aromatic carbocycles. The van der Waals surface area contributed by atoms with Crippen LogP contribution in [0.4, 0.5) is 10.1 Å². The number of nitrogens with zero attached hydrogens (tertiary/aromatic N) is 3. The lowest BCUT2D eigenvalue weighted by atomic mass is 10.2. The zero-order valence-corrected chi connectivity index (χ0v) is 18.8. The van der Waals surface area contributed by atoms with Crippen LogP contribution in [0.2, 0.25) is 0 Å². The van der Waals surface area contributed by atoms with Crippen LogP contribution in [-0.2, 0) is 0 Å². The highest BCUT2D eigenvalue weighted by Gasteiger charge is 2.16. The number of halogens is 1. The Bertz CT molecular complexity index is 1670. The van der Waals surface area contributed by atoms with E-state index in [0.717, 1.165) is 11.6 Å². The van der Waals surface area contributed by atoms with Crippen molar-refractivity contribution in [1.29, 1.82) is 0 Å². The maximum Gasteiger partial charge on any atom is 0.270 e. The first-order valence-electron chi connectivity index (χ1n) is 10.6. The maximum atomic E-state index is 14.8. The Morgan fingerprint density at radius 3 is 2.69 bits per heavy atom. The highest BCUT2D eigenvalue weighted by molar-refractivity contribution is 6.04. The predicted molar refractivity (Wildman–Crippen MR) is 129 cm³/mol. The summed E-state index contributed by atoms with van der Waals surface area (Å²) < 4.78 is 27.1. The van der Waals surface area contributed by atoms with Crippen LogP contribution in [0.1, 0.15) is 15.9 Å². The van der Waals surface area contributed by atoms with Gasteiger partial charge in [-0.25, -0.2) is 9.37 Å². The first kappa shape index (κ1) is 22.0. The zero-order valence-electron chi connectivity index (χ0n) is 18.8. The number of carbonyl (C=O) groups excluding carboxylic acids is 1. The standard InChI is InChI=1S/C26H19FN4O4/c1-15-3-8-24-29-13-19(26(33)31(24)14-15)25(32)30-16-4-7-23(20(27)11-16)35-22-9-10-28-21-12-17(34-2)5-6-18(21)22/h3-14H,1-2H3,(H,30,32). The number of carbonyl (C=O) groups is 1. The van der Waals surface area contributed by atoms with Crippen LogP contribution < -0.4 is 20.3 Å². The van der Waals surface area contributed by atoms with Crippen LogP contribution in [0, 0.1) is 12.7 Å². The molecule has 1 N–H and O–H groups in total. The monoisotopic (exact) mass is 470 g/mol. The van der Waals surface area contributed by atoms with Crippen molar-refractivity contribution < 1.29 is 18.7 Å². The maximum absolute atomic E-state index is 14.8. The molecule has 8 nitrogen and oxygen atoms in total. The molecule has 5 rings (SSSR count). The second-order valence-electron chi connectivity index (χ2n) is 7.81. The number of hydrogen-bond acceptors (Lipinski definition) is 6. The molecule has 0 unspecified atom stereocenters. The first-order valence-corrected chi connectivity index (χ1v) is 10.6. The topological polar surface area (TPSA) is 94.8 Å². The molecule has 0 saturated carbocycles. The SMILES string of the molecule is COc1ccc2c(Oc3ccc(NC(=O)c4cnc5ccc(C)cn5c4=O)cc3F)ccnc2c1. The molecule has 0 aliphatic rings. The van der Waals surface area contributed by atoms with Gasteiger partial charge in [-0.3, -0.25) is 19.0 Å². The Balaban J connectivity index is 1.39. The quantitative estimate of drug-likeness (QED) is 0.399. The number of methoxy groups -OCH3 is 1. The third-order valence-electron chi connectivity index (χ3n) is 5.41. The summed E-state index contributed by atoms with van der Waals surface area (Å²) >= 11 is 0. The summed E-state index contributed by atoms with van der Waals surface area (Å²) in [5, 5.41) is 3.23. The predicted octanol–water partition coefficient (Wildman–Crippen LogP) is 4.74. The summed E-state index contributed by atoms with van der Waals surface area (Å²) in [6, 6.07) is 14.4. The smallest absolute Gasteiger partial charge is 0.270 e.